The SMILES string of the molecule is O=C(COCc1ccccc1)N1CCCc2cc(Br)ccc21. The standard InChI is InChI=1S/C18H18BrNO2/c19-16-8-9-17-15(11-16)7-4-10-20(17)18(21)13-22-12-14-5-2-1-3-6-14/h1-3,5-6,8-9,11H,4,7,10,12-13H2. The largest absolute Gasteiger partial charge is 0.367 e. The van der Waals surface area contributed by atoms with E-state index in [1.165, 1.54) is 5.56 Å². The van der Waals surface area contributed by atoms with Crippen LogP contribution in [0.1, 0.15) is 17.5 Å². The van der Waals surface area contributed by atoms with Crippen molar-refractivity contribution in [2.24, 2.45) is 0 Å². The first-order valence-electron chi connectivity index (χ1n) is 7.44. The van der Waals surface area contributed by atoms with Crippen LogP contribution in [-0.4, -0.2) is 19.1 Å². The second kappa shape index (κ2) is 7.07. The number of aryl methyl sites for hydroxylation is 1. The van der Waals surface area contributed by atoms with Gasteiger partial charge in [-0.05, 0) is 42.2 Å². The lowest BCUT2D eigenvalue weighted by Crippen LogP contribution is -2.37. The molecule has 2 aromatic rings. The molecule has 22 heavy (non-hydrogen) atoms. The topological polar surface area (TPSA) is 29.5 Å². The summed E-state index contributed by atoms with van der Waals surface area (Å²) >= 11 is 3.49. The Morgan fingerprint density at radius 2 is 2.00 bits per heavy atom. The maximum atomic E-state index is 12.4. The molecule has 0 saturated heterocycles. The summed E-state index contributed by atoms with van der Waals surface area (Å²) in [5.41, 5.74) is 3.32. The number of hydrogen-bond acceptors (Lipinski definition) is 2. The van der Waals surface area contributed by atoms with E-state index in [1.54, 1.807) is 0 Å². The Hall–Kier alpha value is -1.65. The lowest BCUT2D eigenvalue weighted by atomic mass is 10.0. The summed E-state index contributed by atoms with van der Waals surface area (Å²) in [7, 11) is 0. The number of nitrogens with zero attached hydrogens (tertiary/aromatic N) is 1. The fraction of sp³-hybridized carbons (Fsp3) is 0.278. The highest BCUT2D eigenvalue weighted by Crippen LogP contribution is 2.29. The number of hydrogen-bond donors (Lipinski definition) is 0. The van der Waals surface area contributed by atoms with Gasteiger partial charge in [0.05, 0.1) is 6.61 Å². The van der Waals surface area contributed by atoms with E-state index in [1.807, 2.05) is 47.4 Å². The molecule has 1 aliphatic heterocycles. The van der Waals surface area contributed by atoms with Gasteiger partial charge in [0.15, 0.2) is 0 Å². The maximum absolute atomic E-state index is 12.4. The fourth-order valence-electron chi connectivity index (χ4n) is 2.73. The fourth-order valence-corrected chi connectivity index (χ4v) is 3.14. The summed E-state index contributed by atoms with van der Waals surface area (Å²) < 4.78 is 6.63. The number of benzene rings is 2. The summed E-state index contributed by atoms with van der Waals surface area (Å²) in [5, 5.41) is 0. The molecular formula is C18H18BrNO2. The minimum atomic E-state index is 0.0270. The van der Waals surface area contributed by atoms with E-state index < -0.39 is 0 Å². The van der Waals surface area contributed by atoms with Crippen molar-refractivity contribution in [1.82, 2.24) is 0 Å². The predicted molar refractivity (Wildman–Crippen MR) is 90.9 cm³/mol. The average molecular weight is 360 g/mol. The van der Waals surface area contributed by atoms with Crippen LogP contribution in [-0.2, 0) is 22.6 Å². The van der Waals surface area contributed by atoms with Crippen LogP contribution in [0.3, 0.4) is 0 Å². The molecule has 0 N–H and O–H groups in total. The van der Waals surface area contributed by atoms with Crippen molar-refractivity contribution in [3.8, 4) is 0 Å². The van der Waals surface area contributed by atoms with Crippen molar-refractivity contribution < 1.29 is 9.53 Å². The van der Waals surface area contributed by atoms with Gasteiger partial charge in [0.25, 0.3) is 5.91 Å². The van der Waals surface area contributed by atoms with Crippen LogP contribution in [0.2, 0.25) is 0 Å². The van der Waals surface area contributed by atoms with Crippen LogP contribution in [0, 0.1) is 0 Å². The average Bonchev–Trinajstić information content (AvgIpc) is 2.55. The third kappa shape index (κ3) is 3.57. The molecule has 1 amide bonds. The number of amides is 1. The Bertz CT molecular complexity index is 657. The number of carbonyl (C=O) groups is 1. The number of rotatable bonds is 4. The predicted octanol–water partition coefficient (Wildman–Crippen LogP) is 3.95. The minimum absolute atomic E-state index is 0.0270. The van der Waals surface area contributed by atoms with Gasteiger partial charge < -0.3 is 9.64 Å². The van der Waals surface area contributed by atoms with Gasteiger partial charge in [-0.1, -0.05) is 46.3 Å². The van der Waals surface area contributed by atoms with Gasteiger partial charge >= 0.3 is 0 Å². The molecule has 0 atom stereocenters. The van der Waals surface area contributed by atoms with Gasteiger partial charge in [0, 0.05) is 16.7 Å². The zero-order valence-corrected chi connectivity index (χ0v) is 13.9. The summed E-state index contributed by atoms with van der Waals surface area (Å²) in [4.78, 5) is 14.3. The summed E-state index contributed by atoms with van der Waals surface area (Å²) in [6.07, 6.45) is 2.01. The third-order valence-corrected chi connectivity index (χ3v) is 4.29. The number of fused-ring (bicyclic) bond motifs is 1. The molecule has 0 aromatic heterocycles. The van der Waals surface area contributed by atoms with Crippen molar-refractivity contribution in [1.29, 1.82) is 0 Å². The Labute approximate surface area is 139 Å². The minimum Gasteiger partial charge on any atom is -0.367 e. The van der Waals surface area contributed by atoms with Crippen molar-refractivity contribution in [2.75, 3.05) is 18.1 Å². The van der Waals surface area contributed by atoms with E-state index in [-0.39, 0.29) is 12.5 Å². The summed E-state index contributed by atoms with van der Waals surface area (Å²) in [6.45, 7) is 1.35. The smallest absolute Gasteiger partial charge is 0.252 e. The van der Waals surface area contributed by atoms with Crippen molar-refractivity contribution >= 4 is 27.5 Å². The molecular weight excluding hydrogens is 342 g/mol. The Balaban J connectivity index is 1.62. The van der Waals surface area contributed by atoms with Gasteiger partial charge in [-0.3, -0.25) is 4.79 Å². The van der Waals surface area contributed by atoms with Gasteiger partial charge in [-0.25, -0.2) is 0 Å². The highest BCUT2D eigenvalue weighted by molar-refractivity contribution is 9.10. The van der Waals surface area contributed by atoms with Crippen LogP contribution in [0.5, 0.6) is 0 Å². The number of anilines is 1. The Morgan fingerprint density at radius 3 is 2.82 bits per heavy atom. The first kappa shape index (κ1) is 15.3. The van der Waals surface area contributed by atoms with Gasteiger partial charge in [0.2, 0.25) is 0 Å². The van der Waals surface area contributed by atoms with Gasteiger partial charge in [-0.2, -0.15) is 0 Å². The summed E-state index contributed by atoms with van der Waals surface area (Å²) in [5.74, 6) is 0.0270. The zero-order chi connectivity index (χ0) is 15.4. The van der Waals surface area contributed by atoms with Gasteiger partial charge in [-0.15, -0.1) is 0 Å². The molecule has 1 heterocycles. The summed E-state index contributed by atoms with van der Waals surface area (Å²) in [6, 6.07) is 16.0. The molecule has 0 aliphatic carbocycles. The molecule has 2 aromatic carbocycles. The second-order valence-electron chi connectivity index (χ2n) is 5.40. The molecule has 1 aliphatic rings. The van der Waals surface area contributed by atoms with Crippen LogP contribution in [0.15, 0.2) is 53.0 Å². The van der Waals surface area contributed by atoms with Crippen LogP contribution >= 0.6 is 15.9 Å². The lowest BCUT2D eigenvalue weighted by molar-refractivity contribution is -0.123. The Kier molecular flexibility index (Phi) is 4.90. The van der Waals surface area contributed by atoms with Crippen LogP contribution < -0.4 is 4.90 Å². The van der Waals surface area contributed by atoms with Crippen LogP contribution in [0.25, 0.3) is 0 Å². The number of ether oxygens (including phenoxy) is 1. The first-order chi connectivity index (χ1) is 10.7. The van der Waals surface area contributed by atoms with E-state index in [2.05, 4.69) is 22.0 Å². The van der Waals surface area contributed by atoms with E-state index in [0.29, 0.717) is 6.61 Å². The van der Waals surface area contributed by atoms with Crippen molar-refractivity contribution in [3.63, 3.8) is 0 Å². The van der Waals surface area contributed by atoms with Crippen LogP contribution in [0.4, 0.5) is 5.69 Å². The van der Waals surface area contributed by atoms with E-state index >= 15 is 0 Å². The van der Waals surface area contributed by atoms with E-state index in [0.717, 1.165) is 35.1 Å². The highest BCUT2D eigenvalue weighted by Gasteiger charge is 2.22. The Morgan fingerprint density at radius 1 is 1.18 bits per heavy atom. The quantitative estimate of drug-likeness (QED) is 0.827. The third-order valence-electron chi connectivity index (χ3n) is 3.80. The molecule has 114 valence electrons. The normalized spacial score (nSPS) is 13.8. The van der Waals surface area contributed by atoms with E-state index in [4.69, 9.17) is 4.74 Å². The molecule has 0 bridgehead atoms. The monoisotopic (exact) mass is 359 g/mol. The highest BCUT2D eigenvalue weighted by atomic mass is 79.9. The molecule has 0 spiro atoms. The van der Waals surface area contributed by atoms with E-state index in [9.17, 15) is 4.79 Å². The molecule has 3 nitrogen and oxygen atoms in total. The number of carbonyl (C=O) groups excluding carboxylic acids is 1. The van der Waals surface area contributed by atoms with Crippen molar-refractivity contribution in [3.05, 3.63) is 64.1 Å². The molecule has 3 rings (SSSR count). The van der Waals surface area contributed by atoms with Crippen molar-refractivity contribution in [2.45, 2.75) is 19.4 Å². The first-order valence-corrected chi connectivity index (χ1v) is 8.24. The molecule has 0 unspecified atom stereocenters. The zero-order valence-electron chi connectivity index (χ0n) is 12.3. The molecule has 0 radical (unpaired) electrons. The molecule has 0 fully saturated rings. The van der Waals surface area contributed by atoms with Gasteiger partial charge in [0.1, 0.15) is 6.61 Å². The maximum Gasteiger partial charge on any atom is 0.252 e. The lowest BCUT2D eigenvalue weighted by Gasteiger charge is -2.29. The molecule has 4 heteroatoms. The molecule has 0 saturated carbocycles. The second-order valence-corrected chi connectivity index (χ2v) is 6.32. The number of halogens is 1.